The van der Waals surface area contributed by atoms with Crippen LogP contribution in [0.25, 0.3) is 0 Å². The lowest BCUT2D eigenvalue weighted by molar-refractivity contribution is -0.116. The van der Waals surface area contributed by atoms with Crippen LogP contribution >= 0.6 is 11.6 Å². The van der Waals surface area contributed by atoms with Gasteiger partial charge in [0.25, 0.3) is 0 Å². The quantitative estimate of drug-likeness (QED) is 0.654. The van der Waals surface area contributed by atoms with Crippen molar-refractivity contribution in [2.75, 3.05) is 0 Å². The van der Waals surface area contributed by atoms with Crippen molar-refractivity contribution in [2.24, 2.45) is 35.0 Å². The van der Waals surface area contributed by atoms with Gasteiger partial charge in [-0.2, -0.15) is 0 Å². The Bertz CT molecular complexity index is 819. The maximum Gasteiger partial charge on any atom is 0.156 e. The molecule has 4 aliphatic rings. The van der Waals surface area contributed by atoms with Gasteiger partial charge in [0, 0.05) is 22.8 Å². The summed E-state index contributed by atoms with van der Waals surface area (Å²) in [4.78, 5) is 11.9. The van der Waals surface area contributed by atoms with Gasteiger partial charge in [-0.15, -0.1) is 18.3 Å². The lowest BCUT2D eigenvalue weighted by Crippen LogP contribution is -2.54. The minimum absolute atomic E-state index is 0.0622. The number of aliphatic hydroxyl groups is 1. The number of ketones is 1. The van der Waals surface area contributed by atoms with Crippen molar-refractivity contribution in [1.82, 2.24) is 0 Å². The lowest BCUT2D eigenvalue weighted by Gasteiger charge is -2.55. The van der Waals surface area contributed by atoms with Crippen molar-refractivity contribution < 1.29 is 9.90 Å². The fraction of sp³-hybridized carbons (Fsp3) is 0.609. The van der Waals surface area contributed by atoms with Gasteiger partial charge in [-0.3, -0.25) is 4.79 Å². The van der Waals surface area contributed by atoms with Gasteiger partial charge in [0.2, 0.25) is 0 Å². The maximum atomic E-state index is 11.9. The standard InChI is InChI=1S/C23H25ClO2/c1-4-9-23(26)10-8-19-18-12-20(24)17-11-15(25)6-7-16(17)21(18)14(5-2)13-22(19,23)3/h2,11-12,14,16,18-19,21,26H,6-8,10,13H2,1,3H3/t14-,16-,18-,19-,21+,22-,23-/m0/s1. The second kappa shape index (κ2) is 6.02. The Morgan fingerprint density at radius 1 is 1.38 bits per heavy atom. The minimum Gasteiger partial charge on any atom is -0.377 e. The Balaban J connectivity index is 1.83. The number of carbonyl (C=O) groups is 1. The third kappa shape index (κ3) is 2.29. The van der Waals surface area contributed by atoms with E-state index in [9.17, 15) is 9.90 Å². The summed E-state index contributed by atoms with van der Waals surface area (Å²) in [5, 5.41) is 12.0. The molecule has 0 aromatic rings. The Morgan fingerprint density at radius 3 is 2.85 bits per heavy atom. The van der Waals surface area contributed by atoms with Crippen LogP contribution in [0.5, 0.6) is 0 Å². The number of hydrogen-bond donors (Lipinski definition) is 1. The molecule has 0 unspecified atom stereocenters. The molecule has 0 aliphatic heterocycles. The van der Waals surface area contributed by atoms with E-state index in [-0.39, 0.29) is 29.0 Å². The maximum absolute atomic E-state index is 11.9. The third-order valence-electron chi connectivity index (χ3n) is 7.64. The summed E-state index contributed by atoms with van der Waals surface area (Å²) in [7, 11) is 0. The molecule has 0 aromatic heterocycles. The van der Waals surface area contributed by atoms with Crippen LogP contribution in [0.15, 0.2) is 22.8 Å². The van der Waals surface area contributed by atoms with Crippen LogP contribution in [0.1, 0.15) is 46.0 Å². The van der Waals surface area contributed by atoms with E-state index in [1.165, 1.54) is 0 Å². The van der Waals surface area contributed by atoms with Crippen LogP contribution in [-0.4, -0.2) is 16.5 Å². The molecule has 1 N–H and O–H groups in total. The molecular weight excluding hydrogens is 344 g/mol. The van der Waals surface area contributed by atoms with Crippen molar-refractivity contribution in [1.29, 1.82) is 0 Å². The zero-order valence-electron chi connectivity index (χ0n) is 15.4. The zero-order valence-corrected chi connectivity index (χ0v) is 16.1. The fourth-order valence-corrected chi connectivity index (χ4v) is 6.76. The summed E-state index contributed by atoms with van der Waals surface area (Å²) < 4.78 is 0. The molecule has 0 spiro atoms. The normalized spacial score (nSPS) is 46.6. The number of halogens is 1. The lowest BCUT2D eigenvalue weighted by atomic mass is 9.49. The van der Waals surface area contributed by atoms with E-state index in [4.69, 9.17) is 18.0 Å². The molecule has 0 amide bonds. The van der Waals surface area contributed by atoms with Gasteiger partial charge >= 0.3 is 0 Å². The number of allylic oxidation sites excluding steroid dienone is 4. The van der Waals surface area contributed by atoms with Crippen molar-refractivity contribution in [3.05, 3.63) is 22.8 Å². The van der Waals surface area contributed by atoms with E-state index in [1.54, 1.807) is 13.0 Å². The number of fused-ring (bicyclic) bond motifs is 5. The molecule has 136 valence electrons. The molecule has 3 heteroatoms. The number of rotatable bonds is 0. The molecular formula is C23H25ClO2. The Hall–Kier alpha value is -1.48. The van der Waals surface area contributed by atoms with E-state index in [1.807, 2.05) is 0 Å². The summed E-state index contributed by atoms with van der Waals surface area (Å²) in [6.45, 7) is 3.94. The highest BCUT2D eigenvalue weighted by atomic mass is 35.5. The van der Waals surface area contributed by atoms with Gasteiger partial charge in [0.05, 0.1) is 0 Å². The average molecular weight is 369 g/mol. The van der Waals surface area contributed by atoms with Crippen molar-refractivity contribution >= 4 is 17.4 Å². The highest BCUT2D eigenvalue weighted by molar-refractivity contribution is 6.32. The zero-order chi connectivity index (χ0) is 18.7. The summed E-state index contributed by atoms with van der Waals surface area (Å²) in [5.41, 5.74) is -0.325. The number of carbonyl (C=O) groups excluding carboxylic acids is 1. The van der Waals surface area contributed by atoms with E-state index in [2.05, 4.69) is 30.8 Å². The van der Waals surface area contributed by atoms with Gasteiger partial charge in [-0.05, 0) is 67.9 Å². The van der Waals surface area contributed by atoms with Crippen LogP contribution < -0.4 is 0 Å². The van der Waals surface area contributed by atoms with Crippen LogP contribution in [-0.2, 0) is 4.79 Å². The molecule has 0 aromatic carbocycles. The molecule has 4 aliphatic carbocycles. The average Bonchev–Trinajstić information content (AvgIpc) is 2.86. The van der Waals surface area contributed by atoms with Crippen molar-refractivity contribution in [3.63, 3.8) is 0 Å². The summed E-state index contributed by atoms with van der Waals surface area (Å²) in [5.74, 6) is 10.4. The van der Waals surface area contributed by atoms with Crippen LogP contribution in [0.4, 0.5) is 0 Å². The summed E-state index contributed by atoms with van der Waals surface area (Å²) >= 11 is 6.63. The van der Waals surface area contributed by atoms with E-state index < -0.39 is 5.60 Å². The van der Waals surface area contributed by atoms with Crippen molar-refractivity contribution in [3.8, 4) is 24.2 Å². The van der Waals surface area contributed by atoms with Gasteiger partial charge in [0.1, 0.15) is 5.60 Å². The molecule has 26 heavy (non-hydrogen) atoms. The van der Waals surface area contributed by atoms with Gasteiger partial charge < -0.3 is 5.11 Å². The van der Waals surface area contributed by atoms with Gasteiger partial charge in [-0.25, -0.2) is 0 Å². The first-order valence-corrected chi connectivity index (χ1v) is 9.97. The number of terminal acetylenes is 1. The molecule has 2 nitrogen and oxygen atoms in total. The first-order chi connectivity index (χ1) is 12.3. The molecule has 2 fully saturated rings. The van der Waals surface area contributed by atoms with E-state index in [0.717, 1.165) is 24.8 Å². The van der Waals surface area contributed by atoms with Gasteiger partial charge in [-0.1, -0.05) is 30.5 Å². The topological polar surface area (TPSA) is 37.3 Å². The van der Waals surface area contributed by atoms with E-state index in [0.29, 0.717) is 29.7 Å². The Morgan fingerprint density at radius 2 is 2.15 bits per heavy atom. The largest absolute Gasteiger partial charge is 0.377 e. The number of hydrogen-bond acceptors (Lipinski definition) is 2. The fourth-order valence-electron chi connectivity index (χ4n) is 6.42. The smallest absolute Gasteiger partial charge is 0.156 e. The highest BCUT2D eigenvalue weighted by Crippen LogP contribution is 2.65. The molecule has 0 radical (unpaired) electrons. The minimum atomic E-state index is -0.981. The van der Waals surface area contributed by atoms with Gasteiger partial charge in [0.15, 0.2) is 5.78 Å². The predicted octanol–water partition coefficient (Wildman–Crippen LogP) is 4.08. The second-order valence-corrected chi connectivity index (χ2v) is 9.06. The molecule has 0 bridgehead atoms. The van der Waals surface area contributed by atoms with E-state index >= 15 is 0 Å². The van der Waals surface area contributed by atoms with Crippen LogP contribution in [0.2, 0.25) is 0 Å². The Labute approximate surface area is 161 Å². The van der Waals surface area contributed by atoms with Crippen molar-refractivity contribution in [2.45, 2.75) is 51.6 Å². The molecule has 7 atom stereocenters. The predicted molar refractivity (Wildman–Crippen MR) is 103 cm³/mol. The third-order valence-corrected chi connectivity index (χ3v) is 7.98. The molecule has 4 rings (SSSR count). The monoisotopic (exact) mass is 368 g/mol. The highest BCUT2D eigenvalue weighted by Gasteiger charge is 2.64. The SMILES string of the molecule is C#C[C@H]1C[C@@]2(C)[C@@H](CC[C@@]2(O)C#CC)[C@@H]2C=C(Cl)C3=CC(=O)CC[C@@H]3[C@H]21. The summed E-state index contributed by atoms with van der Waals surface area (Å²) in [6.07, 6.45) is 13.7. The Kier molecular flexibility index (Phi) is 4.15. The molecule has 2 saturated carbocycles. The van der Waals surface area contributed by atoms with Crippen LogP contribution in [0.3, 0.4) is 0 Å². The molecule has 0 heterocycles. The first kappa shape index (κ1) is 17.9. The van der Waals surface area contributed by atoms with Crippen LogP contribution in [0, 0.1) is 59.2 Å². The molecule has 0 saturated heterocycles. The summed E-state index contributed by atoms with van der Waals surface area (Å²) in [6, 6.07) is 0. The first-order valence-electron chi connectivity index (χ1n) is 9.59. The second-order valence-electron chi connectivity index (χ2n) is 8.66.